The number of rotatable bonds is 4. The monoisotopic (exact) mass is 186 g/mol. The van der Waals surface area contributed by atoms with Crippen molar-refractivity contribution in [3.05, 3.63) is 0 Å². The maximum absolute atomic E-state index is 11.1. The summed E-state index contributed by atoms with van der Waals surface area (Å²) in [6.07, 6.45) is 0. The Morgan fingerprint density at radius 2 is 2.38 bits per heavy atom. The zero-order valence-corrected chi connectivity index (χ0v) is 8.25. The highest BCUT2D eigenvalue weighted by Crippen LogP contribution is 2.24. The predicted molar refractivity (Wildman–Crippen MR) is 50.1 cm³/mol. The van der Waals surface area contributed by atoms with Crippen LogP contribution in [0.1, 0.15) is 6.92 Å². The Morgan fingerprint density at radius 1 is 1.69 bits per heavy atom. The molecule has 1 fully saturated rings. The SMILES string of the molecule is COCC(C)C1CNCC1C(N)=O. The lowest BCUT2D eigenvalue weighted by molar-refractivity contribution is -0.123. The first-order chi connectivity index (χ1) is 6.16. The fraction of sp³-hybridized carbons (Fsp3) is 0.889. The molecule has 3 unspecified atom stereocenters. The van der Waals surface area contributed by atoms with Crippen molar-refractivity contribution in [3.63, 3.8) is 0 Å². The fourth-order valence-electron chi connectivity index (χ4n) is 1.99. The lowest BCUT2D eigenvalue weighted by Gasteiger charge is -2.21. The van der Waals surface area contributed by atoms with E-state index in [2.05, 4.69) is 12.2 Å². The molecule has 4 nitrogen and oxygen atoms in total. The molecule has 1 aliphatic rings. The topological polar surface area (TPSA) is 64.3 Å². The molecule has 0 aromatic carbocycles. The molecular formula is C9H18N2O2. The molecule has 1 heterocycles. The molecule has 1 saturated heterocycles. The molecule has 1 amide bonds. The van der Waals surface area contributed by atoms with Crippen LogP contribution >= 0.6 is 0 Å². The smallest absolute Gasteiger partial charge is 0.222 e. The molecule has 0 aliphatic carbocycles. The van der Waals surface area contributed by atoms with Crippen molar-refractivity contribution >= 4 is 5.91 Å². The number of primary amides is 1. The third-order valence-electron chi connectivity index (χ3n) is 2.79. The van der Waals surface area contributed by atoms with Gasteiger partial charge in [0.05, 0.1) is 5.92 Å². The number of carbonyl (C=O) groups is 1. The van der Waals surface area contributed by atoms with Gasteiger partial charge in [0.25, 0.3) is 0 Å². The standard InChI is InChI=1S/C9H18N2O2/c1-6(5-13-2)7-3-11-4-8(7)9(10)12/h6-8,11H,3-5H2,1-2H3,(H2,10,12). The minimum absolute atomic E-state index is 0.0230. The van der Waals surface area contributed by atoms with Gasteiger partial charge in [-0.3, -0.25) is 4.79 Å². The first-order valence-corrected chi connectivity index (χ1v) is 4.65. The minimum atomic E-state index is -0.196. The van der Waals surface area contributed by atoms with Gasteiger partial charge in [-0.1, -0.05) is 6.92 Å². The summed E-state index contributed by atoms with van der Waals surface area (Å²) in [4.78, 5) is 11.1. The van der Waals surface area contributed by atoms with Crippen molar-refractivity contribution in [1.82, 2.24) is 5.32 Å². The first kappa shape index (κ1) is 10.5. The van der Waals surface area contributed by atoms with Crippen molar-refractivity contribution in [3.8, 4) is 0 Å². The van der Waals surface area contributed by atoms with E-state index in [0.717, 1.165) is 6.54 Å². The van der Waals surface area contributed by atoms with Gasteiger partial charge >= 0.3 is 0 Å². The number of amides is 1. The Balaban J connectivity index is 2.52. The number of methoxy groups -OCH3 is 1. The minimum Gasteiger partial charge on any atom is -0.384 e. The van der Waals surface area contributed by atoms with Gasteiger partial charge in [-0.2, -0.15) is 0 Å². The molecule has 0 aromatic rings. The summed E-state index contributed by atoms with van der Waals surface area (Å²) >= 11 is 0. The lowest BCUT2D eigenvalue weighted by atomic mass is 9.85. The molecular weight excluding hydrogens is 168 g/mol. The lowest BCUT2D eigenvalue weighted by Crippen LogP contribution is -2.33. The zero-order valence-electron chi connectivity index (χ0n) is 8.25. The number of hydrogen-bond acceptors (Lipinski definition) is 3. The van der Waals surface area contributed by atoms with Crippen LogP contribution in [0.15, 0.2) is 0 Å². The number of ether oxygens (including phenoxy) is 1. The summed E-state index contributed by atoms with van der Waals surface area (Å²) in [5, 5.41) is 3.19. The molecule has 0 aromatic heterocycles. The van der Waals surface area contributed by atoms with Crippen molar-refractivity contribution in [2.24, 2.45) is 23.5 Å². The third kappa shape index (κ3) is 2.42. The van der Waals surface area contributed by atoms with E-state index >= 15 is 0 Å². The normalized spacial score (nSPS) is 30.3. The highest BCUT2D eigenvalue weighted by molar-refractivity contribution is 5.77. The van der Waals surface area contributed by atoms with Crippen LogP contribution in [0.2, 0.25) is 0 Å². The number of nitrogens with one attached hydrogen (secondary N) is 1. The molecule has 13 heavy (non-hydrogen) atoms. The van der Waals surface area contributed by atoms with E-state index in [0.29, 0.717) is 25.0 Å². The number of hydrogen-bond donors (Lipinski definition) is 2. The zero-order chi connectivity index (χ0) is 9.84. The van der Waals surface area contributed by atoms with Gasteiger partial charge in [0.1, 0.15) is 0 Å². The summed E-state index contributed by atoms with van der Waals surface area (Å²) in [6.45, 7) is 4.37. The van der Waals surface area contributed by atoms with Crippen LogP contribution < -0.4 is 11.1 Å². The molecule has 0 saturated carbocycles. The van der Waals surface area contributed by atoms with Crippen molar-refractivity contribution < 1.29 is 9.53 Å². The maximum atomic E-state index is 11.1. The van der Waals surface area contributed by atoms with Crippen LogP contribution in [0, 0.1) is 17.8 Å². The van der Waals surface area contributed by atoms with Crippen LogP contribution in [0.25, 0.3) is 0 Å². The molecule has 0 bridgehead atoms. The summed E-state index contributed by atoms with van der Waals surface area (Å²) in [6, 6.07) is 0. The van der Waals surface area contributed by atoms with Gasteiger partial charge < -0.3 is 15.8 Å². The summed E-state index contributed by atoms with van der Waals surface area (Å²) in [5.41, 5.74) is 5.30. The summed E-state index contributed by atoms with van der Waals surface area (Å²) in [7, 11) is 1.68. The Kier molecular flexibility index (Phi) is 3.69. The van der Waals surface area contributed by atoms with E-state index in [4.69, 9.17) is 10.5 Å². The van der Waals surface area contributed by atoms with Gasteiger partial charge in [0.15, 0.2) is 0 Å². The van der Waals surface area contributed by atoms with Crippen molar-refractivity contribution in [2.45, 2.75) is 6.92 Å². The van der Waals surface area contributed by atoms with Crippen LogP contribution in [0.3, 0.4) is 0 Å². The maximum Gasteiger partial charge on any atom is 0.222 e. The highest BCUT2D eigenvalue weighted by Gasteiger charge is 2.34. The van der Waals surface area contributed by atoms with E-state index < -0.39 is 0 Å². The van der Waals surface area contributed by atoms with Crippen LogP contribution in [-0.4, -0.2) is 32.7 Å². The fourth-order valence-corrected chi connectivity index (χ4v) is 1.99. The Bertz CT molecular complexity index is 184. The highest BCUT2D eigenvalue weighted by atomic mass is 16.5. The van der Waals surface area contributed by atoms with E-state index in [1.54, 1.807) is 7.11 Å². The second-order valence-electron chi connectivity index (χ2n) is 3.76. The molecule has 4 heteroatoms. The van der Waals surface area contributed by atoms with Gasteiger partial charge in [-0.05, 0) is 18.4 Å². The number of nitrogens with two attached hydrogens (primary N) is 1. The van der Waals surface area contributed by atoms with Crippen LogP contribution in [0.5, 0.6) is 0 Å². The first-order valence-electron chi connectivity index (χ1n) is 4.65. The van der Waals surface area contributed by atoms with Gasteiger partial charge in [-0.25, -0.2) is 0 Å². The molecule has 0 spiro atoms. The Hall–Kier alpha value is -0.610. The quantitative estimate of drug-likeness (QED) is 0.627. The third-order valence-corrected chi connectivity index (χ3v) is 2.79. The van der Waals surface area contributed by atoms with Gasteiger partial charge in [0, 0.05) is 20.3 Å². The van der Waals surface area contributed by atoms with E-state index in [-0.39, 0.29) is 11.8 Å². The van der Waals surface area contributed by atoms with Crippen molar-refractivity contribution in [2.75, 3.05) is 26.8 Å². The second-order valence-corrected chi connectivity index (χ2v) is 3.76. The van der Waals surface area contributed by atoms with E-state index in [1.807, 2.05) is 0 Å². The molecule has 3 atom stereocenters. The van der Waals surface area contributed by atoms with Gasteiger partial charge in [0.2, 0.25) is 5.91 Å². The average molecular weight is 186 g/mol. The second kappa shape index (κ2) is 4.58. The van der Waals surface area contributed by atoms with Crippen LogP contribution in [0.4, 0.5) is 0 Å². The van der Waals surface area contributed by atoms with Crippen LogP contribution in [-0.2, 0) is 9.53 Å². The average Bonchev–Trinajstić information content (AvgIpc) is 2.52. The molecule has 76 valence electrons. The van der Waals surface area contributed by atoms with Gasteiger partial charge in [-0.15, -0.1) is 0 Å². The Labute approximate surface area is 78.8 Å². The molecule has 3 N–H and O–H groups in total. The largest absolute Gasteiger partial charge is 0.384 e. The summed E-state index contributed by atoms with van der Waals surface area (Å²) < 4.78 is 5.06. The summed E-state index contributed by atoms with van der Waals surface area (Å²) in [5.74, 6) is 0.498. The predicted octanol–water partition coefficient (Wildman–Crippen LogP) is -0.410. The Morgan fingerprint density at radius 3 is 2.92 bits per heavy atom. The molecule has 0 radical (unpaired) electrons. The molecule has 1 rings (SSSR count). The van der Waals surface area contributed by atoms with E-state index in [9.17, 15) is 4.79 Å². The van der Waals surface area contributed by atoms with Crippen molar-refractivity contribution in [1.29, 1.82) is 0 Å². The molecule has 1 aliphatic heterocycles. The number of carbonyl (C=O) groups excluding carboxylic acids is 1. The van der Waals surface area contributed by atoms with E-state index in [1.165, 1.54) is 0 Å².